The summed E-state index contributed by atoms with van der Waals surface area (Å²) in [6, 6.07) is 5.45. The average molecular weight is 455 g/mol. The van der Waals surface area contributed by atoms with E-state index in [1.54, 1.807) is 17.9 Å². The zero-order valence-electron chi connectivity index (χ0n) is 16.2. The number of amides is 3. The molecular weight excluding hydrogens is 435 g/mol. The van der Waals surface area contributed by atoms with E-state index in [4.69, 9.17) is 16.1 Å². The van der Waals surface area contributed by atoms with Gasteiger partial charge < -0.3 is 19.6 Å². The van der Waals surface area contributed by atoms with Crippen LogP contribution in [0.3, 0.4) is 0 Å². The number of aryl methyl sites for hydroxylation is 1. The number of carbonyl (C=O) groups excluding carboxylic acids is 3. The number of rotatable bonds is 6. The lowest BCUT2D eigenvalue weighted by Gasteiger charge is -2.34. The Hall–Kier alpha value is -2.59. The van der Waals surface area contributed by atoms with Crippen LogP contribution in [0.2, 0.25) is 5.02 Å². The smallest absolute Gasteiger partial charge is 0.257 e. The van der Waals surface area contributed by atoms with Gasteiger partial charge >= 0.3 is 0 Å². The fourth-order valence-electron chi connectivity index (χ4n) is 2.92. The number of nitrogens with one attached hydrogen (secondary N) is 1. The number of aromatic nitrogens is 1. The number of anilines is 1. The van der Waals surface area contributed by atoms with Crippen molar-refractivity contribution in [2.75, 3.05) is 43.0 Å². The Morgan fingerprint density at radius 3 is 2.53 bits per heavy atom. The number of hydrogen-bond acceptors (Lipinski definition) is 6. The van der Waals surface area contributed by atoms with Gasteiger partial charge in [0.15, 0.2) is 5.82 Å². The van der Waals surface area contributed by atoms with Gasteiger partial charge in [-0.05, 0) is 25.1 Å². The molecule has 0 bridgehead atoms. The second kappa shape index (κ2) is 9.94. The van der Waals surface area contributed by atoms with Crippen LogP contribution in [0.15, 0.2) is 28.8 Å². The third-order valence-electron chi connectivity index (χ3n) is 4.43. The molecule has 1 aliphatic rings. The number of piperazine rings is 1. The van der Waals surface area contributed by atoms with Gasteiger partial charge in [0, 0.05) is 37.3 Å². The molecule has 0 atom stereocenters. The molecule has 1 aliphatic heterocycles. The summed E-state index contributed by atoms with van der Waals surface area (Å²) in [4.78, 5) is 39.9. The minimum Gasteiger partial charge on any atom is -0.360 e. The van der Waals surface area contributed by atoms with E-state index in [1.807, 2.05) is 0 Å². The Morgan fingerprint density at radius 2 is 1.87 bits per heavy atom. The molecule has 1 N–H and O–H groups in total. The second-order valence-electron chi connectivity index (χ2n) is 6.66. The van der Waals surface area contributed by atoms with Gasteiger partial charge in [0.1, 0.15) is 11.6 Å². The van der Waals surface area contributed by atoms with Crippen molar-refractivity contribution in [2.24, 2.45) is 0 Å². The predicted octanol–water partition coefficient (Wildman–Crippen LogP) is 2.43. The minimum atomic E-state index is -0.627. The summed E-state index contributed by atoms with van der Waals surface area (Å²) in [6.07, 6.45) is 0. The van der Waals surface area contributed by atoms with Gasteiger partial charge in [0.2, 0.25) is 11.8 Å². The van der Waals surface area contributed by atoms with Crippen LogP contribution in [-0.4, -0.2) is 70.4 Å². The quantitative estimate of drug-likeness (QED) is 0.720. The molecule has 2 heterocycles. The summed E-state index contributed by atoms with van der Waals surface area (Å²) >= 11 is 7.04. The molecule has 1 fully saturated rings. The van der Waals surface area contributed by atoms with Crippen LogP contribution in [0.1, 0.15) is 16.1 Å². The average Bonchev–Trinajstić information content (AvgIpc) is 3.13. The van der Waals surface area contributed by atoms with Crippen molar-refractivity contribution in [3.63, 3.8) is 0 Å². The van der Waals surface area contributed by atoms with Crippen molar-refractivity contribution >= 4 is 46.9 Å². The second-order valence-corrected chi connectivity index (χ2v) is 8.08. The summed E-state index contributed by atoms with van der Waals surface area (Å²) in [7, 11) is 0. The first-order chi connectivity index (χ1) is 14.3. The Bertz CT molecular complexity index is 946. The van der Waals surface area contributed by atoms with E-state index in [9.17, 15) is 18.8 Å². The fourth-order valence-corrected chi connectivity index (χ4v) is 3.81. The van der Waals surface area contributed by atoms with Gasteiger partial charge in [-0.15, -0.1) is 11.8 Å². The summed E-state index contributed by atoms with van der Waals surface area (Å²) in [5.74, 6) is -0.308. The van der Waals surface area contributed by atoms with E-state index in [2.05, 4.69) is 10.5 Å². The highest BCUT2D eigenvalue weighted by molar-refractivity contribution is 8.00. The molecule has 3 rings (SSSR count). The lowest BCUT2D eigenvalue weighted by atomic mass is 10.1. The highest BCUT2D eigenvalue weighted by Crippen LogP contribution is 2.18. The van der Waals surface area contributed by atoms with E-state index in [0.717, 1.165) is 6.07 Å². The molecule has 8 nitrogen and oxygen atoms in total. The lowest BCUT2D eigenvalue weighted by molar-refractivity contribution is -0.129. The van der Waals surface area contributed by atoms with Crippen LogP contribution in [0.5, 0.6) is 0 Å². The Balaban J connectivity index is 1.41. The van der Waals surface area contributed by atoms with E-state index in [1.165, 1.54) is 28.8 Å². The number of hydrogen-bond donors (Lipinski definition) is 1. The van der Waals surface area contributed by atoms with Gasteiger partial charge in [-0.3, -0.25) is 14.4 Å². The molecule has 160 valence electrons. The van der Waals surface area contributed by atoms with Crippen LogP contribution in [0.25, 0.3) is 0 Å². The highest BCUT2D eigenvalue weighted by Gasteiger charge is 2.26. The highest BCUT2D eigenvalue weighted by atomic mass is 35.5. The van der Waals surface area contributed by atoms with Gasteiger partial charge in [-0.25, -0.2) is 4.39 Å². The largest absolute Gasteiger partial charge is 0.360 e. The molecule has 11 heteroatoms. The molecule has 0 aliphatic carbocycles. The molecule has 0 unspecified atom stereocenters. The number of carbonyl (C=O) groups is 3. The van der Waals surface area contributed by atoms with E-state index in [-0.39, 0.29) is 33.9 Å². The van der Waals surface area contributed by atoms with Gasteiger partial charge in [0.05, 0.1) is 17.1 Å². The van der Waals surface area contributed by atoms with Gasteiger partial charge in [0.25, 0.3) is 5.91 Å². The molecule has 30 heavy (non-hydrogen) atoms. The summed E-state index contributed by atoms with van der Waals surface area (Å²) in [5, 5.41) is 6.54. The van der Waals surface area contributed by atoms with Crippen LogP contribution < -0.4 is 5.32 Å². The Labute approximate surface area is 181 Å². The van der Waals surface area contributed by atoms with E-state index >= 15 is 0 Å². The molecule has 3 amide bonds. The topological polar surface area (TPSA) is 95.8 Å². The first-order valence-corrected chi connectivity index (χ1v) is 10.7. The number of thioether (sulfide) groups is 1. The first kappa shape index (κ1) is 22.1. The van der Waals surface area contributed by atoms with Crippen LogP contribution in [0, 0.1) is 12.7 Å². The standard InChI is InChI=1S/C19H20ClFN4O4S/c1-12-8-16(23-29-12)22-17(26)10-30-11-18(27)24-4-6-25(7-5-24)19(28)14-9-13(20)2-3-15(14)21/h2-3,8-9H,4-7,10-11H2,1H3,(H,22,23,26). The molecule has 1 aromatic carbocycles. The zero-order chi connectivity index (χ0) is 21.7. The maximum atomic E-state index is 13.9. The van der Waals surface area contributed by atoms with Gasteiger partial charge in [-0.1, -0.05) is 16.8 Å². The molecule has 0 spiro atoms. The fraction of sp³-hybridized carbons (Fsp3) is 0.368. The number of nitrogens with zero attached hydrogens (tertiary/aromatic N) is 3. The number of benzene rings is 1. The van der Waals surface area contributed by atoms with Crippen molar-refractivity contribution in [2.45, 2.75) is 6.92 Å². The van der Waals surface area contributed by atoms with Crippen molar-refractivity contribution < 1.29 is 23.3 Å². The van der Waals surface area contributed by atoms with E-state index < -0.39 is 11.7 Å². The summed E-state index contributed by atoms with van der Waals surface area (Å²) in [5.41, 5.74) is -0.0776. The third-order valence-corrected chi connectivity index (χ3v) is 5.59. The van der Waals surface area contributed by atoms with Crippen LogP contribution in [-0.2, 0) is 9.59 Å². The van der Waals surface area contributed by atoms with Crippen molar-refractivity contribution in [3.05, 3.63) is 46.4 Å². The minimum absolute atomic E-state index is 0.0776. The molecule has 1 aromatic heterocycles. The maximum absolute atomic E-state index is 13.9. The molecule has 2 aromatic rings. The lowest BCUT2D eigenvalue weighted by Crippen LogP contribution is -2.51. The zero-order valence-corrected chi connectivity index (χ0v) is 17.8. The molecule has 0 radical (unpaired) electrons. The van der Waals surface area contributed by atoms with Crippen LogP contribution >= 0.6 is 23.4 Å². The van der Waals surface area contributed by atoms with Crippen molar-refractivity contribution in [1.82, 2.24) is 15.0 Å². The Kier molecular flexibility index (Phi) is 7.33. The predicted molar refractivity (Wildman–Crippen MR) is 111 cm³/mol. The SMILES string of the molecule is Cc1cc(NC(=O)CSCC(=O)N2CCN(C(=O)c3cc(Cl)ccc3F)CC2)no1. The summed E-state index contributed by atoms with van der Waals surface area (Å²) < 4.78 is 18.8. The molecule has 1 saturated heterocycles. The number of halogens is 2. The third kappa shape index (κ3) is 5.73. The van der Waals surface area contributed by atoms with Crippen molar-refractivity contribution in [1.29, 1.82) is 0 Å². The maximum Gasteiger partial charge on any atom is 0.257 e. The van der Waals surface area contributed by atoms with Gasteiger partial charge in [-0.2, -0.15) is 0 Å². The van der Waals surface area contributed by atoms with Crippen molar-refractivity contribution in [3.8, 4) is 0 Å². The van der Waals surface area contributed by atoms with E-state index in [0.29, 0.717) is 37.8 Å². The normalized spacial score (nSPS) is 14.0. The summed E-state index contributed by atoms with van der Waals surface area (Å²) in [6.45, 7) is 3.00. The van der Waals surface area contributed by atoms with Crippen LogP contribution in [0.4, 0.5) is 10.2 Å². The monoisotopic (exact) mass is 454 g/mol. The molecule has 0 saturated carbocycles. The first-order valence-electron chi connectivity index (χ1n) is 9.16. The molecular formula is C19H20ClFN4O4S. The Morgan fingerprint density at radius 1 is 1.17 bits per heavy atom.